The van der Waals surface area contributed by atoms with E-state index in [0.29, 0.717) is 33.7 Å². The Balaban J connectivity index is 1.27. The quantitative estimate of drug-likeness (QED) is 0.331. The van der Waals surface area contributed by atoms with E-state index in [2.05, 4.69) is 25.3 Å². The molecule has 0 atom stereocenters. The van der Waals surface area contributed by atoms with Crippen LogP contribution in [0.25, 0.3) is 16.4 Å². The van der Waals surface area contributed by atoms with Gasteiger partial charge in [-0.2, -0.15) is 0 Å². The largest absolute Gasteiger partial charge is 0.439 e. The topological polar surface area (TPSA) is 94.8 Å². The van der Waals surface area contributed by atoms with E-state index in [1.807, 2.05) is 55.7 Å². The normalized spacial score (nSPS) is 10.8. The second-order valence-electron chi connectivity index (χ2n) is 7.88. The van der Waals surface area contributed by atoms with E-state index in [9.17, 15) is 4.79 Å². The Morgan fingerprint density at radius 3 is 2.43 bits per heavy atom. The lowest BCUT2D eigenvalue weighted by atomic mass is 10.2. The van der Waals surface area contributed by atoms with E-state index in [1.54, 1.807) is 36.7 Å². The van der Waals surface area contributed by atoms with Crippen molar-refractivity contribution in [3.8, 4) is 28.0 Å². The van der Waals surface area contributed by atoms with Crippen LogP contribution in [-0.4, -0.2) is 30.4 Å². The van der Waals surface area contributed by atoms with Crippen LogP contribution < -0.4 is 10.1 Å². The number of amides is 1. The summed E-state index contributed by atoms with van der Waals surface area (Å²) in [6.07, 6.45) is 3.18. The fourth-order valence-corrected chi connectivity index (χ4v) is 4.44. The number of aryl methyl sites for hydroxylation is 2. The summed E-state index contributed by atoms with van der Waals surface area (Å²) < 4.78 is 7.78. The van der Waals surface area contributed by atoms with Gasteiger partial charge in [0.2, 0.25) is 5.88 Å². The summed E-state index contributed by atoms with van der Waals surface area (Å²) >= 11 is 1.38. The molecule has 0 unspecified atom stereocenters. The second-order valence-corrected chi connectivity index (χ2v) is 8.88. The number of carbonyl (C=O) groups is 1. The minimum Gasteiger partial charge on any atom is -0.439 e. The van der Waals surface area contributed by atoms with Crippen molar-refractivity contribution < 1.29 is 9.53 Å². The first-order valence-corrected chi connectivity index (χ1v) is 11.7. The summed E-state index contributed by atoms with van der Waals surface area (Å²) in [4.78, 5) is 30.8. The maximum absolute atomic E-state index is 12.9. The Hall–Kier alpha value is -4.37. The summed E-state index contributed by atoms with van der Waals surface area (Å²) in [5.41, 5.74) is 4.29. The third-order valence-electron chi connectivity index (χ3n) is 5.48. The molecule has 5 aromatic rings. The number of nitrogens with one attached hydrogen (secondary N) is 1. The molecule has 35 heavy (non-hydrogen) atoms. The van der Waals surface area contributed by atoms with Gasteiger partial charge in [0.15, 0.2) is 0 Å². The fraction of sp³-hybridized carbons (Fsp3) is 0.115. The zero-order valence-corrected chi connectivity index (χ0v) is 20.2. The number of hydrogen-bond donors (Lipinski definition) is 1. The Labute approximate surface area is 206 Å². The number of ether oxygens (including phenoxy) is 1. The summed E-state index contributed by atoms with van der Waals surface area (Å²) in [5.74, 6) is 1.48. The molecule has 5 rings (SSSR count). The maximum atomic E-state index is 12.9. The van der Waals surface area contributed by atoms with Crippen LogP contribution in [0.1, 0.15) is 26.8 Å². The van der Waals surface area contributed by atoms with Crippen LogP contribution in [0.5, 0.6) is 11.6 Å². The molecular formula is C26H22N6O2S. The first kappa shape index (κ1) is 22.4. The number of hydrogen-bond acceptors (Lipinski definition) is 7. The van der Waals surface area contributed by atoms with E-state index in [0.717, 1.165) is 22.0 Å². The fourth-order valence-electron chi connectivity index (χ4n) is 3.47. The Morgan fingerprint density at radius 2 is 1.71 bits per heavy atom. The summed E-state index contributed by atoms with van der Waals surface area (Å²) in [5, 5.41) is 3.76. The second kappa shape index (κ2) is 9.47. The third-order valence-corrected chi connectivity index (χ3v) is 6.69. The van der Waals surface area contributed by atoms with Crippen molar-refractivity contribution in [1.82, 2.24) is 24.5 Å². The van der Waals surface area contributed by atoms with Crippen LogP contribution in [0.2, 0.25) is 0 Å². The highest BCUT2D eigenvalue weighted by Crippen LogP contribution is 2.29. The number of benzene rings is 2. The molecule has 0 spiro atoms. The van der Waals surface area contributed by atoms with Crippen LogP contribution in [0.4, 0.5) is 5.69 Å². The van der Waals surface area contributed by atoms with Crippen LogP contribution in [0, 0.1) is 20.8 Å². The van der Waals surface area contributed by atoms with E-state index in [4.69, 9.17) is 4.74 Å². The molecule has 0 aliphatic rings. The van der Waals surface area contributed by atoms with Crippen molar-refractivity contribution in [1.29, 1.82) is 0 Å². The van der Waals surface area contributed by atoms with Crippen molar-refractivity contribution in [2.75, 3.05) is 5.32 Å². The van der Waals surface area contributed by atoms with Crippen molar-refractivity contribution >= 4 is 22.9 Å². The number of aromatic nitrogens is 5. The lowest BCUT2D eigenvalue weighted by molar-refractivity contribution is 0.103. The number of imidazole rings is 1. The van der Waals surface area contributed by atoms with Gasteiger partial charge in [0.25, 0.3) is 5.91 Å². The molecule has 0 aliphatic carbocycles. The molecule has 0 bridgehead atoms. The Bertz CT molecular complexity index is 1490. The number of carbonyl (C=O) groups excluding carboxylic acids is 1. The molecule has 1 N–H and O–H groups in total. The molecule has 0 radical (unpaired) electrons. The average molecular weight is 483 g/mol. The molecular weight excluding hydrogens is 460 g/mol. The van der Waals surface area contributed by atoms with Gasteiger partial charge in [0.05, 0.1) is 11.4 Å². The zero-order valence-electron chi connectivity index (χ0n) is 19.4. The highest BCUT2D eigenvalue weighted by molar-refractivity contribution is 7.17. The van der Waals surface area contributed by atoms with Gasteiger partial charge in [-0.05, 0) is 45.0 Å². The van der Waals surface area contributed by atoms with E-state index in [-0.39, 0.29) is 5.91 Å². The predicted octanol–water partition coefficient (Wildman–Crippen LogP) is 5.76. The van der Waals surface area contributed by atoms with Gasteiger partial charge in [0, 0.05) is 23.0 Å². The average Bonchev–Trinajstić information content (AvgIpc) is 3.43. The SMILES string of the molecule is Cc1nc(-c2ccccc2)sc1C(=O)Nc1ccc(Oc2cc(-n3cnc(C)c3C)ncn2)cc1. The lowest BCUT2D eigenvalue weighted by Crippen LogP contribution is -2.11. The minimum absolute atomic E-state index is 0.192. The molecule has 2 aromatic carbocycles. The highest BCUT2D eigenvalue weighted by Gasteiger charge is 2.16. The molecule has 174 valence electrons. The number of thiazole rings is 1. The molecule has 9 heteroatoms. The van der Waals surface area contributed by atoms with Crippen molar-refractivity contribution in [2.24, 2.45) is 0 Å². The molecule has 0 aliphatic heterocycles. The molecule has 1 amide bonds. The van der Waals surface area contributed by atoms with E-state index < -0.39 is 0 Å². The number of anilines is 1. The van der Waals surface area contributed by atoms with E-state index in [1.165, 1.54) is 17.7 Å². The van der Waals surface area contributed by atoms with Gasteiger partial charge >= 0.3 is 0 Å². The Morgan fingerprint density at radius 1 is 0.943 bits per heavy atom. The van der Waals surface area contributed by atoms with Crippen molar-refractivity contribution in [3.63, 3.8) is 0 Å². The van der Waals surface area contributed by atoms with E-state index >= 15 is 0 Å². The van der Waals surface area contributed by atoms with Crippen LogP contribution >= 0.6 is 11.3 Å². The van der Waals surface area contributed by atoms with Gasteiger partial charge in [0.1, 0.15) is 34.1 Å². The lowest BCUT2D eigenvalue weighted by Gasteiger charge is -2.09. The highest BCUT2D eigenvalue weighted by atomic mass is 32.1. The standard InChI is InChI=1S/C26H22N6O2S/c1-16-18(3)32(15-29-16)22-13-23(28-14-27-22)34-21-11-9-20(10-12-21)31-25(33)24-17(2)30-26(35-24)19-7-5-4-6-8-19/h4-15H,1-3H3,(H,31,33). The molecule has 0 fully saturated rings. The first-order valence-electron chi connectivity index (χ1n) is 10.9. The van der Waals surface area contributed by atoms with Crippen LogP contribution in [0.3, 0.4) is 0 Å². The molecule has 0 saturated carbocycles. The molecule has 8 nitrogen and oxygen atoms in total. The maximum Gasteiger partial charge on any atom is 0.267 e. The van der Waals surface area contributed by atoms with Gasteiger partial charge in [-0.15, -0.1) is 11.3 Å². The van der Waals surface area contributed by atoms with Crippen molar-refractivity contribution in [2.45, 2.75) is 20.8 Å². The third kappa shape index (κ3) is 4.80. The number of rotatable bonds is 6. The van der Waals surface area contributed by atoms with Crippen molar-refractivity contribution in [3.05, 3.63) is 95.3 Å². The van der Waals surface area contributed by atoms with Gasteiger partial charge in [-0.3, -0.25) is 9.36 Å². The molecule has 0 saturated heterocycles. The molecule has 3 aromatic heterocycles. The van der Waals surface area contributed by atoms with Crippen LogP contribution in [0.15, 0.2) is 73.3 Å². The first-order chi connectivity index (χ1) is 17.0. The van der Waals surface area contributed by atoms with Crippen LogP contribution in [-0.2, 0) is 0 Å². The Kier molecular flexibility index (Phi) is 6.07. The summed E-state index contributed by atoms with van der Waals surface area (Å²) in [7, 11) is 0. The zero-order chi connectivity index (χ0) is 24.4. The minimum atomic E-state index is -0.192. The predicted molar refractivity (Wildman–Crippen MR) is 135 cm³/mol. The van der Waals surface area contributed by atoms with Gasteiger partial charge in [-0.25, -0.2) is 19.9 Å². The van der Waals surface area contributed by atoms with Gasteiger partial charge in [-0.1, -0.05) is 30.3 Å². The summed E-state index contributed by atoms with van der Waals surface area (Å²) in [6.45, 7) is 5.77. The smallest absolute Gasteiger partial charge is 0.267 e. The summed E-state index contributed by atoms with van der Waals surface area (Å²) in [6, 6.07) is 18.7. The number of nitrogens with zero attached hydrogens (tertiary/aromatic N) is 5. The monoisotopic (exact) mass is 482 g/mol. The van der Waals surface area contributed by atoms with Gasteiger partial charge < -0.3 is 10.1 Å². The molecule has 3 heterocycles.